The Balaban J connectivity index is 2.39. The zero-order valence-electron chi connectivity index (χ0n) is 13.3. The van der Waals surface area contributed by atoms with E-state index in [9.17, 15) is 0 Å². The van der Waals surface area contributed by atoms with E-state index >= 15 is 0 Å². The third-order valence-electron chi connectivity index (χ3n) is 3.50. The summed E-state index contributed by atoms with van der Waals surface area (Å²) in [6, 6.07) is 2.92. The number of rotatable bonds is 8. The summed E-state index contributed by atoms with van der Waals surface area (Å²) in [5.41, 5.74) is 1.94. The van der Waals surface area contributed by atoms with E-state index in [4.69, 9.17) is 0 Å². The van der Waals surface area contributed by atoms with Gasteiger partial charge in [0.15, 0.2) is 0 Å². The first-order valence-corrected chi connectivity index (χ1v) is 8.59. The molecule has 1 aromatic heterocycles. The van der Waals surface area contributed by atoms with E-state index < -0.39 is 0 Å². The van der Waals surface area contributed by atoms with Crippen LogP contribution in [0.2, 0.25) is 0 Å². The Kier molecular flexibility index (Phi) is 7.09. The molecule has 2 unspecified atom stereocenters. The van der Waals surface area contributed by atoms with Crippen molar-refractivity contribution in [2.75, 3.05) is 6.54 Å². The van der Waals surface area contributed by atoms with Gasteiger partial charge in [0.1, 0.15) is 0 Å². The number of hydrogen-bond acceptors (Lipinski definition) is 2. The van der Waals surface area contributed by atoms with Crippen molar-refractivity contribution in [3.05, 3.63) is 22.4 Å². The Hall–Kier alpha value is -0.340. The minimum absolute atomic E-state index is 0.448. The maximum atomic E-state index is 3.67. The first-order chi connectivity index (χ1) is 8.90. The first-order valence-electron chi connectivity index (χ1n) is 7.65. The molecule has 1 nitrogen and oxygen atoms in total. The molecule has 0 aromatic carbocycles. The largest absolute Gasteiger partial charge is 0.314 e. The normalized spacial score (nSPS) is 15.4. The van der Waals surface area contributed by atoms with Crippen molar-refractivity contribution in [2.24, 2.45) is 11.3 Å². The van der Waals surface area contributed by atoms with Gasteiger partial charge >= 0.3 is 0 Å². The number of thiophene rings is 1. The van der Waals surface area contributed by atoms with Crippen LogP contribution in [0, 0.1) is 11.3 Å². The lowest BCUT2D eigenvalue weighted by Gasteiger charge is -2.27. The minimum Gasteiger partial charge on any atom is -0.314 e. The molecule has 1 N–H and O–H groups in total. The van der Waals surface area contributed by atoms with Gasteiger partial charge in [-0.05, 0) is 66.0 Å². The second-order valence-corrected chi connectivity index (χ2v) is 7.81. The van der Waals surface area contributed by atoms with E-state index in [2.05, 4.69) is 56.8 Å². The number of nitrogens with one attached hydrogen (secondary N) is 1. The lowest BCUT2D eigenvalue weighted by atomic mass is 9.82. The molecule has 0 saturated heterocycles. The highest BCUT2D eigenvalue weighted by atomic mass is 32.1. The Morgan fingerprint density at radius 1 is 1.32 bits per heavy atom. The molecular weight excluding hydrogens is 250 g/mol. The van der Waals surface area contributed by atoms with Crippen molar-refractivity contribution >= 4 is 11.3 Å². The highest BCUT2D eigenvalue weighted by Gasteiger charge is 2.18. The number of aryl methyl sites for hydroxylation is 1. The molecule has 0 bridgehead atoms. The van der Waals surface area contributed by atoms with Crippen LogP contribution in [-0.4, -0.2) is 12.6 Å². The van der Waals surface area contributed by atoms with Gasteiger partial charge in [-0.3, -0.25) is 0 Å². The fourth-order valence-corrected chi connectivity index (χ4v) is 3.69. The van der Waals surface area contributed by atoms with Crippen LogP contribution in [0.5, 0.6) is 0 Å². The van der Waals surface area contributed by atoms with Crippen molar-refractivity contribution in [1.29, 1.82) is 0 Å². The summed E-state index contributed by atoms with van der Waals surface area (Å²) < 4.78 is 0. The van der Waals surface area contributed by atoms with Gasteiger partial charge in [0, 0.05) is 6.04 Å². The second-order valence-electron chi connectivity index (χ2n) is 7.03. The highest BCUT2D eigenvalue weighted by Crippen LogP contribution is 2.27. The molecule has 0 fully saturated rings. The van der Waals surface area contributed by atoms with Crippen molar-refractivity contribution in [1.82, 2.24) is 5.32 Å². The Morgan fingerprint density at radius 3 is 2.58 bits per heavy atom. The predicted octanol–water partition coefficient (Wildman–Crippen LogP) is 5.12. The summed E-state index contributed by atoms with van der Waals surface area (Å²) in [6.45, 7) is 12.7. The van der Waals surface area contributed by atoms with Crippen LogP contribution >= 0.6 is 11.3 Å². The smallest absolute Gasteiger partial charge is 0.00726 e. The third kappa shape index (κ3) is 7.74. The number of hydrogen-bond donors (Lipinski definition) is 1. The standard InChI is InChI=1S/C17H31NS/c1-6-18-16(8-7-15-9-10-19-13-15)11-14(2)12-17(3,4)5/h9-10,13-14,16,18H,6-8,11-12H2,1-5H3. The minimum atomic E-state index is 0.448. The predicted molar refractivity (Wildman–Crippen MR) is 88.0 cm³/mol. The molecule has 19 heavy (non-hydrogen) atoms. The molecule has 0 saturated carbocycles. The zero-order chi connectivity index (χ0) is 14.3. The zero-order valence-corrected chi connectivity index (χ0v) is 14.1. The summed E-state index contributed by atoms with van der Waals surface area (Å²) in [4.78, 5) is 0. The average Bonchev–Trinajstić information content (AvgIpc) is 2.76. The van der Waals surface area contributed by atoms with Gasteiger partial charge in [0.2, 0.25) is 0 Å². The molecule has 0 spiro atoms. The van der Waals surface area contributed by atoms with Crippen molar-refractivity contribution in [3.8, 4) is 0 Å². The van der Waals surface area contributed by atoms with Gasteiger partial charge in [-0.15, -0.1) is 0 Å². The monoisotopic (exact) mass is 281 g/mol. The van der Waals surface area contributed by atoms with E-state index in [0.717, 1.165) is 12.5 Å². The molecule has 0 amide bonds. The van der Waals surface area contributed by atoms with E-state index in [1.54, 1.807) is 11.3 Å². The lowest BCUT2D eigenvalue weighted by Crippen LogP contribution is -2.31. The van der Waals surface area contributed by atoms with Crippen molar-refractivity contribution in [3.63, 3.8) is 0 Å². The van der Waals surface area contributed by atoms with Gasteiger partial charge in [0.05, 0.1) is 0 Å². The Bertz CT molecular complexity index is 324. The molecule has 0 aliphatic rings. The van der Waals surface area contributed by atoms with Gasteiger partial charge in [-0.2, -0.15) is 11.3 Å². The quantitative estimate of drug-likeness (QED) is 0.697. The van der Waals surface area contributed by atoms with Crippen LogP contribution < -0.4 is 5.32 Å². The molecule has 0 radical (unpaired) electrons. The van der Waals surface area contributed by atoms with Crippen LogP contribution in [0.4, 0.5) is 0 Å². The average molecular weight is 282 g/mol. The van der Waals surface area contributed by atoms with Gasteiger partial charge in [-0.25, -0.2) is 0 Å². The fraction of sp³-hybridized carbons (Fsp3) is 0.765. The van der Waals surface area contributed by atoms with Crippen molar-refractivity contribution in [2.45, 2.75) is 66.3 Å². The molecule has 0 aliphatic heterocycles. The molecule has 1 aromatic rings. The molecule has 2 atom stereocenters. The molecule has 2 heteroatoms. The van der Waals surface area contributed by atoms with Crippen LogP contribution in [0.15, 0.2) is 16.8 Å². The maximum absolute atomic E-state index is 3.67. The highest BCUT2D eigenvalue weighted by molar-refractivity contribution is 7.07. The van der Waals surface area contributed by atoms with Crippen molar-refractivity contribution < 1.29 is 0 Å². The van der Waals surface area contributed by atoms with E-state index in [1.807, 2.05) is 0 Å². The molecule has 110 valence electrons. The fourth-order valence-electron chi connectivity index (χ4n) is 2.98. The third-order valence-corrected chi connectivity index (χ3v) is 4.23. The first kappa shape index (κ1) is 16.7. The molecule has 0 aliphatic carbocycles. The molecular formula is C17H31NS. The summed E-state index contributed by atoms with van der Waals surface area (Å²) in [5.74, 6) is 0.798. The lowest BCUT2D eigenvalue weighted by molar-refractivity contribution is 0.271. The van der Waals surface area contributed by atoms with Gasteiger partial charge < -0.3 is 5.32 Å². The van der Waals surface area contributed by atoms with Crippen LogP contribution in [0.25, 0.3) is 0 Å². The second kappa shape index (κ2) is 8.06. The van der Waals surface area contributed by atoms with Crippen LogP contribution in [0.1, 0.15) is 59.4 Å². The maximum Gasteiger partial charge on any atom is 0.00726 e. The molecule has 1 heterocycles. The topological polar surface area (TPSA) is 12.0 Å². The van der Waals surface area contributed by atoms with Gasteiger partial charge in [0.25, 0.3) is 0 Å². The van der Waals surface area contributed by atoms with E-state index in [-0.39, 0.29) is 0 Å². The SMILES string of the molecule is CCNC(CCc1ccsc1)CC(C)CC(C)(C)C. The Labute approximate surface area is 123 Å². The Morgan fingerprint density at radius 2 is 2.05 bits per heavy atom. The van der Waals surface area contributed by atoms with Gasteiger partial charge in [-0.1, -0.05) is 34.6 Å². The summed E-state index contributed by atoms with van der Waals surface area (Å²) in [6.07, 6.45) is 5.09. The van der Waals surface area contributed by atoms with E-state index in [0.29, 0.717) is 11.5 Å². The van der Waals surface area contributed by atoms with Crippen LogP contribution in [0.3, 0.4) is 0 Å². The molecule has 1 rings (SSSR count). The summed E-state index contributed by atoms with van der Waals surface area (Å²) >= 11 is 1.81. The van der Waals surface area contributed by atoms with Crippen LogP contribution in [-0.2, 0) is 6.42 Å². The van der Waals surface area contributed by atoms with E-state index in [1.165, 1.54) is 31.2 Å². The summed E-state index contributed by atoms with van der Waals surface area (Å²) in [5, 5.41) is 8.12. The summed E-state index contributed by atoms with van der Waals surface area (Å²) in [7, 11) is 0.